The molecular formula is C14H19NO2. The Labute approximate surface area is 103 Å². The average molecular weight is 233 g/mol. The van der Waals surface area contributed by atoms with Crippen molar-refractivity contribution in [3.63, 3.8) is 0 Å². The van der Waals surface area contributed by atoms with Gasteiger partial charge in [0.2, 0.25) is 0 Å². The lowest BCUT2D eigenvalue weighted by atomic mass is 10.1. The van der Waals surface area contributed by atoms with Crippen molar-refractivity contribution < 1.29 is 9.53 Å². The van der Waals surface area contributed by atoms with Gasteiger partial charge in [-0.3, -0.25) is 9.78 Å². The highest BCUT2D eigenvalue weighted by atomic mass is 16.5. The Morgan fingerprint density at radius 1 is 1.47 bits per heavy atom. The molecule has 0 unspecified atom stereocenters. The van der Waals surface area contributed by atoms with Crippen molar-refractivity contribution in [2.75, 3.05) is 6.61 Å². The fourth-order valence-electron chi connectivity index (χ4n) is 1.46. The maximum absolute atomic E-state index is 11.0. The lowest BCUT2D eigenvalue weighted by Crippen LogP contribution is -2.02. The summed E-state index contributed by atoms with van der Waals surface area (Å²) in [5.41, 5.74) is 1.11. The zero-order valence-corrected chi connectivity index (χ0v) is 10.3. The summed E-state index contributed by atoms with van der Waals surface area (Å²) in [6.07, 6.45) is 11.2. The van der Waals surface area contributed by atoms with Crippen LogP contribution in [0.1, 0.15) is 38.2 Å². The second-order valence-electron chi connectivity index (χ2n) is 3.74. The summed E-state index contributed by atoms with van der Waals surface area (Å²) in [6.45, 7) is 2.30. The number of carbonyl (C=O) groups is 1. The number of pyridine rings is 1. The van der Waals surface area contributed by atoms with Crippen molar-refractivity contribution in [2.45, 2.75) is 32.6 Å². The Bertz CT molecular complexity index is 346. The molecule has 0 aliphatic heterocycles. The summed E-state index contributed by atoms with van der Waals surface area (Å²) in [5, 5.41) is 0. The van der Waals surface area contributed by atoms with Crippen LogP contribution in [0.2, 0.25) is 0 Å². The maximum atomic E-state index is 11.0. The zero-order valence-electron chi connectivity index (χ0n) is 10.3. The van der Waals surface area contributed by atoms with E-state index < -0.39 is 0 Å². The molecular weight excluding hydrogens is 214 g/mol. The molecule has 0 N–H and O–H groups in total. The molecule has 0 amide bonds. The summed E-state index contributed by atoms with van der Waals surface area (Å²) < 4.78 is 4.85. The number of hydrogen-bond acceptors (Lipinski definition) is 3. The molecule has 1 aromatic heterocycles. The number of allylic oxidation sites excluding steroid dienone is 1. The largest absolute Gasteiger partial charge is 0.466 e. The first-order valence-electron chi connectivity index (χ1n) is 6.05. The molecule has 3 heteroatoms. The van der Waals surface area contributed by atoms with Crippen LogP contribution in [0.4, 0.5) is 0 Å². The summed E-state index contributed by atoms with van der Waals surface area (Å²) in [5.74, 6) is -0.0938. The van der Waals surface area contributed by atoms with Gasteiger partial charge in [0.05, 0.1) is 6.61 Å². The summed E-state index contributed by atoms with van der Waals surface area (Å²) in [4.78, 5) is 15.1. The Morgan fingerprint density at radius 2 is 2.35 bits per heavy atom. The minimum absolute atomic E-state index is 0.0938. The van der Waals surface area contributed by atoms with Crippen LogP contribution in [0, 0.1) is 0 Å². The molecule has 0 saturated heterocycles. The summed E-state index contributed by atoms with van der Waals surface area (Å²) >= 11 is 0. The molecule has 17 heavy (non-hydrogen) atoms. The number of esters is 1. The second kappa shape index (κ2) is 8.50. The van der Waals surface area contributed by atoms with Crippen molar-refractivity contribution >= 4 is 12.0 Å². The van der Waals surface area contributed by atoms with E-state index in [0.29, 0.717) is 13.0 Å². The number of carbonyl (C=O) groups excluding carboxylic acids is 1. The molecule has 0 saturated carbocycles. The predicted octanol–water partition coefficient (Wildman–Crippen LogP) is 3.22. The molecule has 0 radical (unpaired) electrons. The van der Waals surface area contributed by atoms with E-state index in [1.54, 1.807) is 6.20 Å². The van der Waals surface area contributed by atoms with Crippen LogP contribution in [-0.2, 0) is 9.53 Å². The quantitative estimate of drug-likeness (QED) is 0.536. The fourth-order valence-corrected chi connectivity index (χ4v) is 1.46. The van der Waals surface area contributed by atoms with E-state index in [9.17, 15) is 4.79 Å². The lowest BCUT2D eigenvalue weighted by Gasteiger charge is -1.99. The molecule has 1 rings (SSSR count). The zero-order chi connectivity index (χ0) is 12.3. The first kappa shape index (κ1) is 13.4. The number of aromatic nitrogens is 1. The Hall–Kier alpha value is -1.64. The van der Waals surface area contributed by atoms with Crippen molar-refractivity contribution in [3.05, 3.63) is 36.2 Å². The molecule has 0 aliphatic carbocycles. The van der Waals surface area contributed by atoms with E-state index in [2.05, 4.69) is 17.1 Å². The molecule has 0 aromatic carbocycles. The Kier molecular flexibility index (Phi) is 6.72. The number of unbranched alkanes of at least 4 members (excludes halogenated alkanes) is 2. The topological polar surface area (TPSA) is 39.2 Å². The van der Waals surface area contributed by atoms with Crippen LogP contribution < -0.4 is 0 Å². The number of ether oxygens (including phenoxy) is 1. The van der Waals surface area contributed by atoms with Crippen LogP contribution in [0.15, 0.2) is 30.6 Å². The summed E-state index contributed by atoms with van der Waals surface area (Å²) in [7, 11) is 0. The number of rotatable bonds is 7. The maximum Gasteiger partial charge on any atom is 0.305 e. The van der Waals surface area contributed by atoms with E-state index in [4.69, 9.17) is 4.74 Å². The lowest BCUT2D eigenvalue weighted by molar-refractivity contribution is -0.143. The fraction of sp³-hybridized carbons (Fsp3) is 0.429. The minimum atomic E-state index is -0.0938. The number of hydrogen-bond donors (Lipinski definition) is 0. The third kappa shape index (κ3) is 6.51. The predicted molar refractivity (Wildman–Crippen MR) is 68.4 cm³/mol. The second-order valence-corrected chi connectivity index (χ2v) is 3.74. The number of nitrogens with zero attached hydrogens (tertiary/aromatic N) is 1. The highest BCUT2D eigenvalue weighted by molar-refractivity contribution is 5.69. The third-order valence-electron chi connectivity index (χ3n) is 2.30. The van der Waals surface area contributed by atoms with E-state index in [1.165, 1.54) is 0 Å². The molecule has 92 valence electrons. The van der Waals surface area contributed by atoms with Gasteiger partial charge in [-0.05, 0) is 37.8 Å². The molecule has 3 nitrogen and oxygen atoms in total. The van der Waals surface area contributed by atoms with Gasteiger partial charge in [0.25, 0.3) is 0 Å². The first-order chi connectivity index (χ1) is 8.33. The van der Waals surface area contributed by atoms with Gasteiger partial charge in [0, 0.05) is 18.8 Å². The Balaban J connectivity index is 2.08. The van der Waals surface area contributed by atoms with Crippen LogP contribution in [0.5, 0.6) is 0 Å². The van der Waals surface area contributed by atoms with Gasteiger partial charge in [-0.15, -0.1) is 0 Å². The third-order valence-corrected chi connectivity index (χ3v) is 2.30. The van der Waals surface area contributed by atoms with Crippen LogP contribution >= 0.6 is 0 Å². The molecule has 0 atom stereocenters. The van der Waals surface area contributed by atoms with Gasteiger partial charge in [-0.2, -0.15) is 0 Å². The Morgan fingerprint density at radius 3 is 3.06 bits per heavy atom. The molecule has 0 spiro atoms. The molecule has 0 bridgehead atoms. The summed E-state index contributed by atoms with van der Waals surface area (Å²) in [6, 6.07) is 3.93. The first-order valence-corrected chi connectivity index (χ1v) is 6.05. The van der Waals surface area contributed by atoms with E-state index in [-0.39, 0.29) is 5.97 Å². The minimum Gasteiger partial charge on any atom is -0.466 e. The van der Waals surface area contributed by atoms with Gasteiger partial charge in [-0.25, -0.2) is 0 Å². The van der Waals surface area contributed by atoms with Crippen molar-refractivity contribution in [2.24, 2.45) is 0 Å². The van der Waals surface area contributed by atoms with Gasteiger partial charge in [0.1, 0.15) is 0 Å². The van der Waals surface area contributed by atoms with Gasteiger partial charge >= 0.3 is 5.97 Å². The van der Waals surface area contributed by atoms with Crippen LogP contribution in [0.3, 0.4) is 0 Å². The van der Waals surface area contributed by atoms with Crippen LogP contribution in [-0.4, -0.2) is 17.6 Å². The molecule has 1 heterocycles. The van der Waals surface area contributed by atoms with Crippen molar-refractivity contribution in [1.82, 2.24) is 4.98 Å². The van der Waals surface area contributed by atoms with Gasteiger partial charge in [-0.1, -0.05) is 18.2 Å². The van der Waals surface area contributed by atoms with Crippen LogP contribution in [0.25, 0.3) is 6.08 Å². The average Bonchev–Trinajstić information content (AvgIpc) is 2.35. The van der Waals surface area contributed by atoms with E-state index in [0.717, 1.165) is 24.8 Å². The molecule has 0 aliphatic rings. The standard InChI is InChI=1S/C14H19NO2/c1-2-17-14(16)10-6-4-3-5-8-13-9-7-11-15-12-13/h5,7-9,11-12H,2-4,6,10H2,1H3/b8-5+. The molecule has 0 fully saturated rings. The van der Waals surface area contributed by atoms with Gasteiger partial charge < -0.3 is 4.74 Å². The normalized spacial score (nSPS) is 10.6. The highest BCUT2D eigenvalue weighted by Crippen LogP contribution is 2.05. The van der Waals surface area contributed by atoms with Crippen molar-refractivity contribution in [1.29, 1.82) is 0 Å². The highest BCUT2D eigenvalue weighted by Gasteiger charge is 1.99. The molecule has 1 aromatic rings. The van der Waals surface area contributed by atoms with Gasteiger partial charge in [0.15, 0.2) is 0 Å². The van der Waals surface area contributed by atoms with E-state index in [1.807, 2.05) is 25.3 Å². The van der Waals surface area contributed by atoms with E-state index >= 15 is 0 Å². The van der Waals surface area contributed by atoms with Crippen molar-refractivity contribution in [3.8, 4) is 0 Å². The SMILES string of the molecule is CCOC(=O)CCCC/C=C/c1cccnc1. The smallest absolute Gasteiger partial charge is 0.305 e. The monoisotopic (exact) mass is 233 g/mol.